The van der Waals surface area contributed by atoms with Gasteiger partial charge in [0, 0.05) is 0 Å². The van der Waals surface area contributed by atoms with Crippen LogP contribution >= 0.6 is 0 Å². The van der Waals surface area contributed by atoms with Crippen LogP contribution in [0.3, 0.4) is 0 Å². The molecule has 28 heavy (non-hydrogen) atoms. The van der Waals surface area contributed by atoms with Crippen LogP contribution in [0.1, 0.15) is 66.5 Å². The van der Waals surface area contributed by atoms with Crippen LogP contribution in [0.25, 0.3) is 5.57 Å². The molecular formula is C26H38Si2. The summed E-state index contributed by atoms with van der Waals surface area (Å²) in [6.07, 6.45) is 0. The average Bonchev–Trinajstić information content (AvgIpc) is 2.61. The van der Waals surface area contributed by atoms with Crippen LogP contribution in [0, 0.1) is 0 Å². The van der Waals surface area contributed by atoms with Crippen LogP contribution in [-0.4, -0.2) is 17.6 Å². The van der Waals surface area contributed by atoms with Crippen molar-refractivity contribution in [3.63, 3.8) is 0 Å². The van der Waals surface area contributed by atoms with E-state index in [9.17, 15) is 0 Å². The summed E-state index contributed by atoms with van der Waals surface area (Å²) in [5.74, 6) is 0. The monoisotopic (exact) mass is 406 g/mol. The Morgan fingerprint density at radius 2 is 0.786 bits per heavy atom. The molecule has 0 unspecified atom stereocenters. The second-order valence-electron chi connectivity index (χ2n) is 9.16. The Kier molecular flexibility index (Phi) is 8.09. The summed E-state index contributed by atoms with van der Waals surface area (Å²) in [5, 5.41) is 3.09. The third-order valence-electron chi connectivity index (χ3n) is 5.62. The van der Waals surface area contributed by atoms with Gasteiger partial charge in [-0.05, 0) is 38.9 Å². The number of hydrogen-bond donors (Lipinski definition) is 0. The summed E-state index contributed by atoms with van der Waals surface area (Å²) in [7, 11) is -1.04. The van der Waals surface area contributed by atoms with Gasteiger partial charge >= 0.3 is 0 Å². The van der Waals surface area contributed by atoms with Gasteiger partial charge in [-0.15, -0.1) is 0 Å². The second kappa shape index (κ2) is 9.89. The largest absolute Gasteiger partial charge is 0.0910 e. The van der Waals surface area contributed by atoms with Crippen molar-refractivity contribution >= 4 is 33.5 Å². The molecule has 0 aliphatic carbocycles. The van der Waals surface area contributed by atoms with E-state index < -0.39 is 17.6 Å². The first-order chi connectivity index (χ1) is 13.1. The molecule has 0 saturated heterocycles. The molecule has 0 nitrogen and oxygen atoms in total. The Morgan fingerprint density at radius 3 is 1.00 bits per heavy atom. The highest BCUT2D eigenvalue weighted by atomic mass is 28.3. The summed E-state index contributed by atoms with van der Waals surface area (Å²) in [4.78, 5) is 0. The fraction of sp³-hybridized carbons (Fsp3) is 0.462. The third kappa shape index (κ3) is 5.36. The molecular weight excluding hydrogens is 368 g/mol. The minimum Gasteiger partial charge on any atom is -0.0906 e. The normalized spacial score (nSPS) is 12.2. The lowest BCUT2D eigenvalue weighted by Crippen LogP contribution is -2.35. The Balaban J connectivity index is 2.22. The van der Waals surface area contributed by atoms with E-state index in [1.165, 1.54) is 11.1 Å². The van der Waals surface area contributed by atoms with Gasteiger partial charge in [-0.3, -0.25) is 0 Å². The molecule has 2 rings (SSSR count). The van der Waals surface area contributed by atoms with Crippen LogP contribution < -0.4 is 10.4 Å². The molecule has 2 radical (unpaired) electrons. The fourth-order valence-corrected chi connectivity index (χ4v) is 11.0. The van der Waals surface area contributed by atoms with Crippen molar-refractivity contribution in [2.75, 3.05) is 0 Å². The average molecular weight is 407 g/mol. The topological polar surface area (TPSA) is 0 Å². The van der Waals surface area contributed by atoms with Crippen molar-refractivity contribution in [3.05, 3.63) is 66.2 Å². The van der Waals surface area contributed by atoms with Crippen LogP contribution in [0.5, 0.6) is 0 Å². The summed E-state index contributed by atoms with van der Waals surface area (Å²) in [5.41, 5.74) is 6.62. The predicted octanol–water partition coefficient (Wildman–Crippen LogP) is 6.79. The predicted molar refractivity (Wildman–Crippen MR) is 132 cm³/mol. The standard InChI is InChI=1S/C26H38Si2/c1-18(2)27(19(3)4)25-14-10-23(11-15-25)22(9)24-12-16-26(17-13-24)28(20(5)6)21(7)8/h10-21H,9H2,1-8H3. The first kappa shape index (κ1) is 22.9. The Morgan fingerprint density at radius 1 is 0.536 bits per heavy atom. The molecule has 0 bridgehead atoms. The van der Waals surface area contributed by atoms with Crippen LogP contribution in [0.2, 0.25) is 22.2 Å². The van der Waals surface area contributed by atoms with Gasteiger partial charge in [0.05, 0.1) is 17.6 Å². The van der Waals surface area contributed by atoms with Gasteiger partial charge in [0.15, 0.2) is 0 Å². The molecule has 0 spiro atoms. The first-order valence-electron chi connectivity index (χ1n) is 10.8. The van der Waals surface area contributed by atoms with E-state index in [1.54, 1.807) is 10.4 Å². The highest BCUT2D eigenvalue weighted by molar-refractivity contribution is 6.76. The lowest BCUT2D eigenvalue weighted by Gasteiger charge is -2.24. The van der Waals surface area contributed by atoms with E-state index in [4.69, 9.17) is 0 Å². The Bertz CT molecular complexity index is 671. The molecule has 2 heteroatoms. The lowest BCUT2D eigenvalue weighted by molar-refractivity contribution is 0.951. The van der Waals surface area contributed by atoms with Crippen molar-refractivity contribution in [2.45, 2.75) is 77.6 Å². The van der Waals surface area contributed by atoms with Crippen molar-refractivity contribution in [3.8, 4) is 0 Å². The van der Waals surface area contributed by atoms with Crippen molar-refractivity contribution < 1.29 is 0 Å². The highest BCUT2D eigenvalue weighted by Crippen LogP contribution is 2.25. The quantitative estimate of drug-likeness (QED) is 0.423. The molecule has 0 heterocycles. The van der Waals surface area contributed by atoms with Crippen LogP contribution in [0.15, 0.2) is 55.1 Å². The van der Waals surface area contributed by atoms with Gasteiger partial charge in [-0.2, -0.15) is 0 Å². The second-order valence-corrected chi connectivity index (χ2v) is 16.8. The third-order valence-corrected chi connectivity index (χ3v) is 12.6. The maximum atomic E-state index is 4.40. The lowest BCUT2D eigenvalue weighted by atomic mass is 10.00. The first-order valence-corrected chi connectivity index (χ1v) is 14.1. The van der Waals surface area contributed by atoms with Crippen molar-refractivity contribution in [1.29, 1.82) is 0 Å². The van der Waals surface area contributed by atoms with Gasteiger partial charge in [-0.25, -0.2) is 0 Å². The van der Waals surface area contributed by atoms with Crippen LogP contribution in [0.4, 0.5) is 0 Å². The zero-order valence-electron chi connectivity index (χ0n) is 19.1. The van der Waals surface area contributed by atoms with E-state index >= 15 is 0 Å². The molecule has 0 amide bonds. The van der Waals surface area contributed by atoms with E-state index in [0.29, 0.717) is 0 Å². The molecule has 2 aromatic rings. The molecule has 150 valence electrons. The molecule has 0 aliphatic rings. The Hall–Kier alpha value is -1.39. The van der Waals surface area contributed by atoms with E-state index in [-0.39, 0.29) is 0 Å². The molecule has 0 atom stereocenters. The number of hydrogen-bond acceptors (Lipinski definition) is 0. The molecule has 0 aromatic heterocycles. The highest BCUT2D eigenvalue weighted by Gasteiger charge is 2.23. The van der Waals surface area contributed by atoms with Gasteiger partial charge in [0.1, 0.15) is 0 Å². The van der Waals surface area contributed by atoms with E-state index in [0.717, 1.165) is 27.7 Å². The molecule has 2 aromatic carbocycles. The minimum atomic E-state index is -0.519. The van der Waals surface area contributed by atoms with Crippen molar-refractivity contribution in [1.82, 2.24) is 0 Å². The summed E-state index contributed by atoms with van der Waals surface area (Å²) in [6.45, 7) is 23.3. The molecule has 0 aliphatic heterocycles. The molecule has 0 saturated carbocycles. The summed E-state index contributed by atoms with van der Waals surface area (Å²) < 4.78 is 0. The molecule has 0 fully saturated rings. The van der Waals surface area contributed by atoms with Crippen molar-refractivity contribution in [2.24, 2.45) is 0 Å². The van der Waals surface area contributed by atoms with Gasteiger partial charge in [0.2, 0.25) is 0 Å². The number of benzene rings is 2. The van der Waals surface area contributed by atoms with Gasteiger partial charge in [-0.1, -0.05) is 121 Å². The fourth-order valence-electron chi connectivity index (χ4n) is 4.56. The SMILES string of the molecule is C=C(c1ccc([Si](C(C)C)C(C)C)cc1)c1ccc([Si](C(C)C)C(C)C)cc1. The van der Waals surface area contributed by atoms with Crippen LogP contribution in [-0.2, 0) is 0 Å². The minimum absolute atomic E-state index is 0.519. The molecule has 0 N–H and O–H groups in total. The summed E-state index contributed by atoms with van der Waals surface area (Å²) >= 11 is 0. The number of rotatable bonds is 8. The van der Waals surface area contributed by atoms with Gasteiger partial charge < -0.3 is 0 Å². The smallest absolute Gasteiger partial charge is 0.0906 e. The summed E-state index contributed by atoms with van der Waals surface area (Å²) in [6, 6.07) is 18.5. The zero-order valence-corrected chi connectivity index (χ0v) is 21.1. The van der Waals surface area contributed by atoms with E-state index in [2.05, 4.69) is 110 Å². The maximum absolute atomic E-state index is 4.40. The maximum Gasteiger partial charge on any atom is 0.0910 e. The van der Waals surface area contributed by atoms with E-state index in [1.807, 2.05) is 0 Å². The Labute approximate surface area is 177 Å². The zero-order chi connectivity index (χ0) is 21.0. The van der Waals surface area contributed by atoms with Gasteiger partial charge in [0.25, 0.3) is 0 Å².